The number of H-pyrrole nitrogens is 1. The van der Waals surface area contributed by atoms with Gasteiger partial charge in [-0.2, -0.15) is 0 Å². The summed E-state index contributed by atoms with van der Waals surface area (Å²) in [7, 11) is 1.59. The van der Waals surface area contributed by atoms with Gasteiger partial charge in [0.2, 0.25) is 5.95 Å². The van der Waals surface area contributed by atoms with Crippen molar-refractivity contribution in [1.29, 1.82) is 0 Å². The van der Waals surface area contributed by atoms with E-state index in [2.05, 4.69) is 20.3 Å². The summed E-state index contributed by atoms with van der Waals surface area (Å²) < 4.78 is 6.83. The molecule has 0 aliphatic carbocycles. The number of rotatable bonds is 3. The van der Waals surface area contributed by atoms with E-state index in [0.29, 0.717) is 0 Å². The Hall–Kier alpha value is -2.01. The number of ether oxygens (including phenoxy) is 1. The standard InChI is InChI=1S/C11H15N5O5/c1-12-11-15-5-8(13-3-14-9(5)20)16(11)10-7(19)6(18)4(2-17)21-10/h3-4,6-7,10,17-19H,2H2,1H3,(H,12,15)(H,13,14,20)/t4-,6+,7+,10-/m0/s1. The highest BCUT2D eigenvalue weighted by Crippen LogP contribution is 2.33. The predicted octanol–water partition coefficient (Wildman–Crippen LogP) is -2.23. The lowest BCUT2D eigenvalue weighted by Gasteiger charge is -2.18. The van der Waals surface area contributed by atoms with Crippen LogP contribution in [0.3, 0.4) is 0 Å². The highest BCUT2D eigenvalue weighted by atomic mass is 16.6. The molecule has 21 heavy (non-hydrogen) atoms. The molecule has 0 amide bonds. The normalized spacial score (nSPS) is 29.1. The van der Waals surface area contributed by atoms with Gasteiger partial charge in [-0.05, 0) is 0 Å². The minimum atomic E-state index is -1.28. The first-order valence-corrected chi connectivity index (χ1v) is 6.34. The summed E-state index contributed by atoms with van der Waals surface area (Å²) in [6, 6.07) is 0. The van der Waals surface area contributed by atoms with Crippen LogP contribution in [0.4, 0.5) is 5.95 Å². The molecule has 4 atom stereocenters. The zero-order valence-corrected chi connectivity index (χ0v) is 11.1. The van der Waals surface area contributed by atoms with Crippen molar-refractivity contribution in [2.24, 2.45) is 0 Å². The van der Waals surface area contributed by atoms with Gasteiger partial charge in [0.05, 0.1) is 12.9 Å². The molecule has 2 aromatic heterocycles. The number of fused-ring (bicyclic) bond motifs is 1. The van der Waals surface area contributed by atoms with E-state index in [0.717, 1.165) is 0 Å². The molecule has 1 saturated heterocycles. The van der Waals surface area contributed by atoms with Crippen molar-refractivity contribution < 1.29 is 20.1 Å². The number of aliphatic hydroxyl groups is 3. The van der Waals surface area contributed by atoms with Gasteiger partial charge >= 0.3 is 0 Å². The Labute approximate surface area is 118 Å². The van der Waals surface area contributed by atoms with Gasteiger partial charge in [-0.15, -0.1) is 0 Å². The highest BCUT2D eigenvalue weighted by Gasteiger charge is 2.44. The van der Waals surface area contributed by atoms with E-state index >= 15 is 0 Å². The van der Waals surface area contributed by atoms with Crippen LogP contribution in [-0.4, -0.2) is 66.8 Å². The molecule has 114 valence electrons. The molecule has 3 rings (SSSR count). The maximum Gasteiger partial charge on any atom is 0.278 e. The van der Waals surface area contributed by atoms with Gasteiger partial charge in [0.25, 0.3) is 5.56 Å². The lowest BCUT2D eigenvalue weighted by molar-refractivity contribution is -0.0501. The summed E-state index contributed by atoms with van der Waals surface area (Å²) in [5.74, 6) is 0.254. The van der Waals surface area contributed by atoms with Gasteiger partial charge in [0.15, 0.2) is 17.4 Å². The van der Waals surface area contributed by atoms with Crippen LogP contribution in [0.1, 0.15) is 6.23 Å². The quantitative estimate of drug-likeness (QED) is 0.428. The van der Waals surface area contributed by atoms with Gasteiger partial charge < -0.3 is 30.4 Å². The number of nitrogens with zero attached hydrogens (tertiary/aromatic N) is 3. The van der Waals surface area contributed by atoms with Gasteiger partial charge in [0, 0.05) is 7.05 Å². The van der Waals surface area contributed by atoms with Crippen LogP contribution in [0.2, 0.25) is 0 Å². The first-order valence-electron chi connectivity index (χ1n) is 6.34. The van der Waals surface area contributed by atoms with E-state index < -0.39 is 36.7 Å². The molecule has 5 N–H and O–H groups in total. The smallest absolute Gasteiger partial charge is 0.278 e. The molecule has 0 aromatic carbocycles. The second kappa shape index (κ2) is 5.07. The number of nitrogens with one attached hydrogen (secondary N) is 2. The highest BCUT2D eigenvalue weighted by molar-refractivity contribution is 5.73. The van der Waals surface area contributed by atoms with Crippen LogP contribution in [0.5, 0.6) is 0 Å². The summed E-state index contributed by atoms with van der Waals surface area (Å²) in [6.45, 7) is -0.440. The largest absolute Gasteiger partial charge is 0.394 e. The Morgan fingerprint density at radius 2 is 2.24 bits per heavy atom. The Morgan fingerprint density at radius 3 is 2.86 bits per heavy atom. The zero-order valence-electron chi connectivity index (χ0n) is 11.1. The third-order valence-corrected chi connectivity index (χ3v) is 3.48. The molecule has 3 heterocycles. The van der Waals surface area contributed by atoms with Gasteiger partial charge in [-0.3, -0.25) is 9.36 Å². The van der Waals surface area contributed by atoms with Crippen LogP contribution in [0.15, 0.2) is 11.1 Å². The second-order valence-electron chi connectivity index (χ2n) is 4.69. The van der Waals surface area contributed by atoms with E-state index in [1.807, 2.05) is 0 Å². The molecule has 0 radical (unpaired) electrons. The number of aromatic nitrogens is 4. The van der Waals surface area contributed by atoms with E-state index in [9.17, 15) is 15.0 Å². The Bertz CT molecular complexity index is 713. The summed E-state index contributed by atoms with van der Waals surface area (Å²) >= 11 is 0. The number of hydrogen-bond acceptors (Lipinski definition) is 8. The fourth-order valence-electron chi connectivity index (χ4n) is 2.43. The molecule has 2 aromatic rings. The minimum absolute atomic E-state index is 0.0830. The van der Waals surface area contributed by atoms with Gasteiger partial charge in [-0.25, -0.2) is 9.97 Å². The van der Waals surface area contributed by atoms with E-state index in [1.165, 1.54) is 10.9 Å². The molecular formula is C11H15N5O5. The van der Waals surface area contributed by atoms with Crippen LogP contribution in [0, 0.1) is 0 Å². The van der Waals surface area contributed by atoms with Crippen molar-refractivity contribution in [1.82, 2.24) is 19.5 Å². The lowest BCUT2D eigenvalue weighted by Crippen LogP contribution is -2.33. The lowest BCUT2D eigenvalue weighted by atomic mass is 10.1. The summed E-state index contributed by atoms with van der Waals surface area (Å²) in [4.78, 5) is 22.3. The molecule has 10 heteroatoms. The maximum atomic E-state index is 11.7. The first-order chi connectivity index (χ1) is 10.1. The summed E-state index contributed by atoms with van der Waals surface area (Å²) in [5.41, 5.74) is -0.139. The topological polar surface area (TPSA) is 146 Å². The number of hydrogen-bond donors (Lipinski definition) is 5. The van der Waals surface area contributed by atoms with Crippen molar-refractivity contribution in [3.05, 3.63) is 16.7 Å². The van der Waals surface area contributed by atoms with Crippen molar-refractivity contribution in [3.63, 3.8) is 0 Å². The molecule has 0 saturated carbocycles. The van der Waals surface area contributed by atoms with E-state index in [-0.39, 0.29) is 17.1 Å². The third-order valence-electron chi connectivity index (χ3n) is 3.48. The maximum absolute atomic E-state index is 11.7. The Kier molecular flexibility index (Phi) is 3.37. The van der Waals surface area contributed by atoms with Crippen molar-refractivity contribution >= 4 is 17.1 Å². The molecule has 1 aliphatic heterocycles. The fourth-order valence-corrected chi connectivity index (χ4v) is 2.43. The van der Waals surface area contributed by atoms with Gasteiger partial charge in [-0.1, -0.05) is 0 Å². The van der Waals surface area contributed by atoms with Crippen LogP contribution >= 0.6 is 0 Å². The van der Waals surface area contributed by atoms with Crippen molar-refractivity contribution in [3.8, 4) is 0 Å². The van der Waals surface area contributed by atoms with Crippen molar-refractivity contribution in [2.75, 3.05) is 19.0 Å². The summed E-state index contributed by atoms with van der Waals surface area (Å²) in [5, 5.41) is 31.9. The molecule has 1 fully saturated rings. The monoisotopic (exact) mass is 297 g/mol. The number of anilines is 1. The molecular weight excluding hydrogens is 282 g/mol. The molecule has 0 unspecified atom stereocenters. The number of aromatic amines is 1. The molecule has 0 spiro atoms. The first kappa shape index (κ1) is 13.9. The molecule has 0 bridgehead atoms. The predicted molar refractivity (Wildman–Crippen MR) is 70.7 cm³/mol. The number of aliphatic hydroxyl groups excluding tert-OH is 3. The van der Waals surface area contributed by atoms with Gasteiger partial charge in [0.1, 0.15) is 18.3 Å². The van der Waals surface area contributed by atoms with E-state index in [4.69, 9.17) is 9.84 Å². The SMILES string of the molecule is CNc1nc2c(=O)[nH]cnc2n1[C@H]1O[C@@H](CO)[C@@H](O)[C@H]1O. The minimum Gasteiger partial charge on any atom is -0.394 e. The van der Waals surface area contributed by atoms with Crippen LogP contribution in [-0.2, 0) is 4.74 Å². The van der Waals surface area contributed by atoms with Crippen molar-refractivity contribution in [2.45, 2.75) is 24.5 Å². The average Bonchev–Trinajstić information content (AvgIpc) is 2.99. The molecule has 10 nitrogen and oxygen atoms in total. The van der Waals surface area contributed by atoms with E-state index in [1.54, 1.807) is 7.05 Å². The number of imidazole rings is 1. The van der Waals surface area contributed by atoms with Crippen LogP contribution in [0.25, 0.3) is 11.2 Å². The van der Waals surface area contributed by atoms with Crippen LogP contribution < -0.4 is 10.9 Å². The average molecular weight is 297 g/mol. The molecule has 1 aliphatic rings. The second-order valence-corrected chi connectivity index (χ2v) is 4.69. The Balaban J connectivity index is 2.16. The third kappa shape index (κ3) is 2.00. The zero-order chi connectivity index (χ0) is 15.1. The fraction of sp³-hybridized carbons (Fsp3) is 0.545. The summed E-state index contributed by atoms with van der Waals surface area (Å²) in [6.07, 6.45) is -3.26. The Morgan fingerprint density at radius 1 is 1.48 bits per heavy atom.